The third kappa shape index (κ3) is 4.32. The summed E-state index contributed by atoms with van der Waals surface area (Å²) < 4.78 is 4.56. The van der Waals surface area contributed by atoms with Gasteiger partial charge in [0.2, 0.25) is 0 Å². The predicted octanol–water partition coefficient (Wildman–Crippen LogP) is 3.16. The number of rotatable bonds is 6. The SMILES string of the molecule is COC(=O)c1ccc(Sc2ccc(CC(=O)O)cc2)c([N+](=O)[O-])c1. The number of esters is 1. The van der Waals surface area contributed by atoms with Crippen LogP contribution >= 0.6 is 11.8 Å². The van der Waals surface area contributed by atoms with Gasteiger partial charge in [0.05, 0.1) is 28.9 Å². The Labute approximate surface area is 141 Å². The number of nitro groups is 1. The minimum Gasteiger partial charge on any atom is -0.481 e. The summed E-state index contributed by atoms with van der Waals surface area (Å²) in [6, 6.07) is 10.8. The molecule has 7 nitrogen and oxygen atoms in total. The quantitative estimate of drug-likeness (QED) is 0.486. The Kier molecular flexibility index (Phi) is 5.54. The van der Waals surface area contributed by atoms with E-state index < -0.39 is 16.9 Å². The van der Waals surface area contributed by atoms with Crippen molar-refractivity contribution in [1.82, 2.24) is 0 Å². The van der Waals surface area contributed by atoms with Crippen molar-refractivity contribution in [3.63, 3.8) is 0 Å². The highest BCUT2D eigenvalue weighted by molar-refractivity contribution is 7.99. The number of methoxy groups -OCH3 is 1. The number of carboxylic acids is 1. The maximum Gasteiger partial charge on any atom is 0.338 e. The van der Waals surface area contributed by atoms with Crippen LogP contribution in [-0.2, 0) is 16.0 Å². The second-order valence-electron chi connectivity index (χ2n) is 4.75. The van der Waals surface area contributed by atoms with Crippen molar-refractivity contribution in [3.8, 4) is 0 Å². The standard InChI is InChI=1S/C16H13NO6S/c1-23-16(20)11-4-7-14(13(9-11)17(21)22)24-12-5-2-10(3-6-12)8-15(18)19/h2-7,9H,8H2,1H3,(H,18,19). The van der Waals surface area contributed by atoms with E-state index in [0.717, 1.165) is 16.7 Å². The molecule has 0 saturated heterocycles. The van der Waals surface area contributed by atoms with E-state index in [2.05, 4.69) is 4.74 Å². The lowest BCUT2D eigenvalue weighted by Crippen LogP contribution is -2.02. The molecule has 0 spiro atoms. The average molecular weight is 347 g/mol. The van der Waals surface area contributed by atoms with Gasteiger partial charge >= 0.3 is 11.9 Å². The molecule has 2 aromatic rings. The zero-order chi connectivity index (χ0) is 17.7. The van der Waals surface area contributed by atoms with E-state index in [1.165, 1.54) is 25.3 Å². The zero-order valence-corrected chi connectivity index (χ0v) is 13.4. The van der Waals surface area contributed by atoms with Gasteiger partial charge in [-0.25, -0.2) is 4.79 Å². The van der Waals surface area contributed by atoms with Crippen LogP contribution in [0.25, 0.3) is 0 Å². The molecular weight excluding hydrogens is 334 g/mol. The van der Waals surface area contributed by atoms with Gasteiger partial charge in [-0.15, -0.1) is 0 Å². The Morgan fingerprint density at radius 2 is 1.88 bits per heavy atom. The van der Waals surface area contributed by atoms with Crippen LogP contribution in [0.4, 0.5) is 5.69 Å². The minimum atomic E-state index is -0.926. The first-order valence-corrected chi connectivity index (χ1v) is 7.57. The van der Waals surface area contributed by atoms with Crippen LogP contribution in [0.5, 0.6) is 0 Å². The lowest BCUT2D eigenvalue weighted by atomic mass is 10.2. The summed E-state index contributed by atoms with van der Waals surface area (Å²) >= 11 is 1.16. The largest absolute Gasteiger partial charge is 0.481 e. The average Bonchev–Trinajstić information content (AvgIpc) is 2.55. The summed E-state index contributed by atoms with van der Waals surface area (Å²) in [4.78, 5) is 33.9. The van der Waals surface area contributed by atoms with Gasteiger partial charge in [0.15, 0.2) is 0 Å². The third-order valence-corrected chi connectivity index (χ3v) is 4.16. The van der Waals surface area contributed by atoms with Gasteiger partial charge in [0, 0.05) is 11.0 Å². The summed E-state index contributed by atoms with van der Waals surface area (Å²) in [5.41, 5.74) is 0.547. The van der Waals surface area contributed by atoms with E-state index in [0.29, 0.717) is 10.5 Å². The number of nitro benzene ring substituents is 1. The topological polar surface area (TPSA) is 107 Å². The van der Waals surface area contributed by atoms with Crippen LogP contribution in [0, 0.1) is 10.1 Å². The fourth-order valence-corrected chi connectivity index (χ4v) is 2.87. The fourth-order valence-electron chi connectivity index (χ4n) is 1.97. The summed E-state index contributed by atoms with van der Waals surface area (Å²) in [7, 11) is 1.20. The maximum absolute atomic E-state index is 11.5. The van der Waals surface area contributed by atoms with Crippen molar-refractivity contribution >= 4 is 29.4 Å². The molecule has 2 rings (SSSR count). The molecule has 24 heavy (non-hydrogen) atoms. The van der Waals surface area contributed by atoms with Crippen LogP contribution < -0.4 is 0 Å². The molecule has 0 aliphatic rings. The zero-order valence-electron chi connectivity index (χ0n) is 12.6. The van der Waals surface area contributed by atoms with Gasteiger partial charge in [-0.2, -0.15) is 0 Å². The molecule has 0 aromatic heterocycles. The van der Waals surface area contributed by atoms with Crippen LogP contribution in [0.3, 0.4) is 0 Å². The van der Waals surface area contributed by atoms with Crippen LogP contribution in [0.1, 0.15) is 15.9 Å². The van der Waals surface area contributed by atoms with E-state index in [9.17, 15) is 19.7 Å². The number of hydrogen-bond acceptors (Lipinski definition) is 6. The molecule has 0 heterocycles. The van der Waals surface area contributed by atoms with Gasteiger partial charge in [0.25, 0.3) is 5.69 Å². The highest BCUT2D eigenvalue weighted by atomic mass is 32.2. The second kappa shape index (κ2) is 7.60. The summed E-state index contributed by atoms with van der Waals surface area (Å²) in [6.07, 6.45) is -0.0844. The number of ether oxygens (including phenoxy) is 1. The van der Waals surface area contributed by atoms with Gasteiger partial charge < -0.3 is 9.84 Å². The molecule has 0 amide bonds. The molecule has 1 N–H and O–H groups in total. The first-order valence-electron chi connectivity index (χ1n) is 6.76. The minimum absolute atomic E-state index is 0.0844. The van der Waals surface area contributed by atoms with Crippen molar-refractivity contribution in [3.05, 3.63) is 63.7 Å². The van der Waals surface area contributed by atoms with E-state index >= 15 is 0 Å². The number of nitrogens with zero attached hydrogens (tertiary/aromatic N) is 1. The first kappa shape index (κ1) is 17.5. The number of benzene rings is 2. The van der Waals surface area contributed by atoms with E-state index in [4.69, 9.17) is 5.11 Å². The van der Waals surface area contributed by atoms with Crippen molar-refractivity contribution in [2.75, 3.05) is 7.11 Å². The number of carbonyl (C=O) groups is 2. The highest BCUT2D eigenvalue weighted by Crippen LogP contribution is 2.35. The van der Waals surface area contributed by atoms with Gasteiger partial charge in [-0.1, -0.05) is 23.9 Å². The third-order valence-electron chi connectivity index (χ3n) is 3.08. The van der Waals surface area contributed by atoms with E-state index in [1.807, 2.05) is 0 Å². The van der Waals surface area contributed by atoms with Crippen molar-refractivity contribution < 1.29 is 24.4 Å². The summed E-state index contributed by atoms with van der Waals surface area (Å²) in [5.74, 6) is -1.57. The molecule has 0 radical (unpaired) electrons. The summed E-state index contributed by atoms with van der Waals surface area (Å²) in [6.45, 7) is 0. The smallest absolute Gasteiger partial charge is 0.338 e. The molecule has 0 atom stereocenters. The molecule has 124 valence electrons. The lowest BCUT2D eigenvalue weighted by molar-refractivity contribution is -0.387. The molecule has 8 heteroatoms. The molecule has 0 unspecified atom stereocenters. The Balaban J connectivity index is 2.27. The lowest BCUT2D eigenvalue weighted by Gasteiger charge is -2.06. The first-order chi connectivity index (χ1) is 11.4. The van der Waals surface area contributed by atoms with Crippen molar-refractivity contribution in [2.45, 2.75) is 16.2 Å². The molecule has 0 fully saturated rings. The highest BCUT2D eigenvalue weighted by Gasteiger charge is 2.18. The van der Waals surface area contributed by atoms with Crippen molar-refractivity contribution in [1.29, 1.82) is 0 Å². The molecule has 0 bridgehead atoms. The van der Waals surface area contributed by atoms with Crippen LogP contribution in [0.2, 0.25) is 0 Å². The fraction of sp³-hybridized carbons (Fsp3) is 0.125. The maximum atomic E-state index is 11.5. The molecule has 0 aliphatic carbocycles. The number of carboxylic acid groups (broad SMARTS) is 1. The number of aliphatic carboxylic acids is 1. The van der Waals surface area contributed by atoms with Gasteiger partial charge in [0.1, 0.15) is 0 Å². The van der Waals surface area contributed by atoms with E-state index in [1.54, 1.807) is 24.3 Å². The Hall–Kier alpha value is -2.87. The van der Waals surface area contributed by atoms with Gasteiger partial charge in [-0.3, -0.25) is 14.9 Å². The molecule has 2 aromatic carbocycles. The molecule has 0 saturated carbocycles. The second-order valence-corrected chi connectivity index (χ2v) is 5.86. The van der Waals surface area contributed by atoms with Gasteiger partial charge in [-0.05, 0) is 29.8 Å². The van der Waals surface area contributed by atoms with Crippen LogP contribution in [-0.4, -0.2) is 29.1 Å². The van der Waals surface area contributed by atoms with E-state index in [-0.39, 0.29) is 17.7 Å². The summed E-state index contributed by atoms with van der Waals surface area (Å²) in [5, 5.41) is 20.0. The number of carbonyl (C=O) groups excluding carboxylic acids is 1. The normalized spacial score (nSPS) is 10.2. The Morgan fingerprint density at radius 1 is 1.21 bits per heavy atom. The monoisotopic (exact) mass is 347 g/mol. The van der Waals surface area contributed by atoms with Crippen LogP contribution in [0.15, 0.2) is 52.3 Å². The Morgan fingerprint density at radius 3 is 2.42 bits per heavy atom. The Bertz CT molecular complexity index is 788. The molecule has 0 aliphatic heterocycles. The van der Waals surface area contributed by atoms with Crippen molar-refractivity contribution in [2.24, 2.45) is 0 Å². The number of hydrogen-bond donors (Lipinski definition) is 1. The predicted molar refractivity (Wildman–Crippen MR) is 86.3 cm³/mol. The molecular formula is C16H13NO6S.